The van der Waals surface area contributed by atoms with Crippen molar-refractivity contribution in [2.24, 2.45) is 0 Å². The predicted molar refractivity (Wildman–Crippen MR) is 80.2 cm³/mol. The van der Waals surface area contributed by atoms with Crippen molar-refractivity contribution in [1.82, 2.24) is 20.4 Å². The molecule has 1 aliphatic heterocycles. The van der Waals surface area contributed by atoms with Gasteiger partial charge in [-0.2, -0.15) is 0 Å². The van der Waals surface area contributed by atoms with Crippen LogP contribution in [0.1, 0.15) is 0 Å². The maximum Gasteiger partial charge on any atom is 0.243 e. The van der Waals surface area contributed by atoms with Crippen LogP contribution in [0.2, 0.25) is 0 Å². The first kappa shape index (κ1) is 16.7. The van der Waals surface area contributed by atoms with E-state index in [2.05, 4.69) is 33.6 Å². The lowest BCUT2D eigenvalue weighted by Crippen LogP contribution is -2.49. The molecule has 0 atom stereocenters. The van der Waals surface area contributed by atoms with Crippen LogP contribution in [0.15, 0.2) is 25.5 Å². The Kier molecular flexibility index (Phi) is 8.69. The van der Waals surface area contributed by atoms with Gasteiger partial charge in [-0.15, -0.1) is 0 Å². The molecule has 0 aliphatic carbocycles. The van der Waals surface area contributed by atoms with Crippen molar-refractivity contribution in [3.05, 3.63) is 25.5 Å². The fraction of sp³-hybridized carbons (Fsp3) is 0.643. The molecule has 114 valence electrons. The van der Waals surface area contributed by atoms with Gasteiger partial charge in [0, 0.05) is 52.4 Å². The van der Waals surface area contributed by atoms with Gasteiger partial charge in [0.15, 0.2) is 0 Å². The van der Waals surface area contributed by atoms with Crippen molar-refractivity contribution in [3.8, 4) is 0 Å². The third kappa shape index (κ3) is 7.28. The fourth-order valence-electron chi connectivity index (χ4n) is 2.07. The SMILES string of the molecule is C=COCNCCN1CCN(CCNC(=O)C=C)CC1. The molecule has 20 heavy (non-hydrogen) atoms. The number of carbonyl (C=O) groups is 1. The largest absolute Gasteiger partial charge is 0.487 e. The molecule has 0 unspecified atom stereocenters. The van der Waals surface area contributed by atoms with Crippen LogP contribution in [0, 0.1) is 0 Å². The molecule has 0 spiro atoms. The van der Waals surface area contributed by atoms with Gasteiger partial charge in [-0.3, -0.25) is 19.9 Å². The second-order valence-electron chi connectivity index (χ2n) is 4.66. The van der Waals surface area contributed by atoms with Crippen LogP contribution in [0.25, 0.3) is 0 Å². The van der Waals surface area contributed by atoms with Crippen LogP contribution >= 0.6 is 0 Å². The first-order valence-electron chi connectivity index (χ1n) is 7.04. The summed E-state index contributed by atoms with van der Waals surface area (Å²) in [7, 11) is 0. The zero-order valence-electron chi connectivity index (χ0n) is 12.1. The molecule has 1 fully saturated rings. The van der Waals surface area contributed by atoms with Crippen LogP contribution < -0.4 is 10.6 Å². The van der Waals surface area contributed by atoms with Crippen molar-refractivity contribution in [1.29, 1.82) is 0 Å². The number of amides is 1. The Balaban J connectivity index is 2.00. The topological polar surface area (TPSA) is 56.8 Å². The van der Waals surface area contributed by atoms with Gasteiger partial charge < -0.3 is 10.1 Å². The molecule has 1 rings (SSSR count). The molecular weight excluding hydrogens is 256 g/mol. The smallest absolute Gasteiger partial charge is 0.243 e. The summed E-state index contributed by atoms with van der Waals surface area (Å²) in [5.41, 5.74) is 0. The lowest BCUT2D eigenvalue weighted by atomic mass is 10.3. The molecule has 1 heterocycles. The standard InChI is InChI=1S/C14H26N4O2/c1-3-14(19)16-6-8-18-11-9-17(10-12-18)7-5-15-13-20-4-2/h3-4,15H,1-2,5-13H2,(H,16,19). The van der Waals surface area contributed by atoms with Gasteiger partial charge in [0.2, 0.25) is 5.91 Å². The summed E-state index contributed by atoms with van der Waals surface area (Å²) in [5.74, 6) is -0.101. The minimum atomic E-state index is -0.101. The molecule has 0 radical (unpaired) electrons. The van der Waals surface area contributed by atoms with E-state index >= 15 is 0 Å². The summed E-state index contributed by atoms with van der Waals surface area (Å²) in [5, 5.41) is 5.99. The summed E-state index contributed by atoms with van der Waals surface area (Å²) >= 11 is 0. The Morgan fingerprint density at radius 1 is 1.10 bits per heavy atom. The summed E-state index contributed by atoms with van der Waals surface area (Å²) in [6.07, 6.45) is 2.75. The lowest BCUT2D eigenvalue weighted by Gasteiger charge is -2.34. The average Bonchev–Trinajstić information content (AvgIpc) is 2.48. The van der Waals surface area contributed by atoms with Gasteiger partial charge in [-0.25, -0.2) is 0 Å². The highest BCUT2D eigenvalue weighted by Gasteiger charge is 2.15. The first-order chi connectivity index (χ1) is 9.76. The summed E-state index contributed by atoms with van der Waals surface area (Å²) in [6, 6.07) is 0. The van der Waals surface area contributed by atoms with Crippen molar-refractivity contribution in [3.63, 3.8) is 0 Å². The molecule has 0 aromatic rings. The lowest BCUT2D eigenvalue weighted by molar-refractivity contribution is -0.116. The van der Waals surface area contributed by atoms with Crippen molar-refractivity contribution in [2.45, 2.75) is 0 Å². The Morgan fingerprint density at radius 3 is 2.25 bits per heavy atom. The van der Waals surface area contributed by atoms with Gasteiger partial charge >= 0.3 is 0 Å². The minimum Gasteiger partial charge on any atom is -0.487 e. The Morgan fingerprint density at radius 2 is 1.70 bits per heavy atom. The number of carbonyl (C=O) groups excluding carboxylic acids is 1. The normalized spacial score (nSPS) is 16.6. The van der Waals surface area contributed by atoms with Crippen LogP contribution in [0.5, 0.6) is 0 Å². The molecule has 1 amide bonds. The maximum atomic E-state index is 11.0. The van der Waals surface area contributed by atoms with Gasteiger partial charge in [0.25, 0.3) is 0 Å². The maximum absolute atomic E-state index is 11.0. The number of nitrogens with zero attached hydrogens (tertiary/aromatic N) is 2. The number of hydrogen-bond acceptors (Lipinski definition) is 5. The van der Waals surface area contributed by atoms with Crippen LogP contribution in [0.4, 0.5) is 0 Å². The third-order valence-corrected chi connectivity index (χ3v) is 3.29. The van der Waals surface area contributed by atoms with Crippen LogP contribution in [-0.4, -0.2) is 74.8 Å². The van der Waals surface area contributed by atoms with Crippen LogP contribution in [-0.2, 0) is 9.53 Å². The Hall–Kier alpha value is -1.37. The Bertz CT molecular complexity index is 302. The van der Waals surface area contributed by atoms with Gasteiger partial charge in [0.05, 0.1) is 6.26 Å². The molecule has 0 aromatic carbocycles. The van der Waals surface area contributed by atoms with Gasteiger partial charge in [0.1, 0.15) is 6.73 Å². The van der Waals surface area contributed by atoms with E-state index in [4.69, 9.17) is 4.74 Å². The second-order valence-corrected chi connectivity index (χ2v) is 4.66. The van der Waals surface area contributed by atoms with E-state index in [1.165, 1.54) is 12.3 Å². The number of piperazine rings is 1. The van der Waals surface area contributed by atoms with Crippen molar-refractivity contribution < 1.29 is 9.53 Å². The number of nitrogens with one attached hydrogen (secondary N) is 2. The number of ether oxygens (including phenoxy) is 1. The predicted octanol–water partition coefficient (Wildman–Crippen LogP) is -0.387. The van der Waals surface area contributed by atoms with E-state index in [9.17, 15) is 4.79 Å². The van der Waals surface area contributed by atoms with Gasteiger partial charge in [-0.05, 0) is 6.08 Å². The van der Waals surface area contributed by atoms with E-state index in [0.29, 0.717) is 13.3 Å². The van der Waals surface area contributed by atoms with Crippen molar-refractivity contribution in [2.75, 3.05) is 59.1 Å². The molecule has 6 heteroatoms. The van der Waals surface area contributed by atoms with Crippen molar-refractivity contribution >= 4 is 5.91 Å². The minimum absolute atomic E-state index is 0.101. The first-order valence-corrected chi connectivity index (χ1v) is 7.04. The molecule has 2 N–H and O–H groups in total. The second kappa shape index (κ2) is 10.4. The third-order valence-electron chi connectivity index (χ3n) is 3.29. The van der Waals surface area contributed by atoms with E-state index in [1.54, 1.807) is 0 Å². The molecule has 1 aliphatic rings. The fourth-order valence-corrected chi connectivity index (χ4v) is 2.07. The molecule has 1 saturated heterocycles. The zero-order chi connectivity index (χ0) is 14.6. The van der Waals surface area contributed by atoms with Gasteiger partial charge in [-0.1, -0.05) is 13.2 Å². The Labute approximate surface area is 121 Å². The average molecular weight is 282 g/mol. The summed E-state index contributed by atoms with van der Waals surface area (Å²) < 4.78 is 5.00. The highest BCUT2D eigenvalue weighted by Crippen LogP contribution is 2.00. The molecule has 6 nitrogen and oxygen atoms in total. The van der Waals surface area contributed by atoms with E-state index < -0.39 is 0 Å². The molecule has 0 aromatic heterocycles. The highest BCUT2D eigenvalue weighted by atomic mass is 16.5. The van der Waals surface area contributed by atoms with Crippen LogP contribution in [0.3, 0.4) is 0 Å². The quantitative estimate of drug-likeness (QED) is 0.247. The molecule has 0 saturated carbocycles. The van der Waals surface area contributed by atoms with E-state index in [0.717, 1.165) is 45.8 Å². The summed E-state index contributed by atoms with van der Waals surface area (Å²) in [6.45, 7) is 15.2. The molecular formula is C14H26N4O2. The van der Waals surface area contributed by atoms with E-state index in [1.807, 2.05) is 0 Å². The molecule has 0 bridgehead atoms. The summed E-state index contributed by atoms with van der Waals surface area (Å²) in [4.78, 5) is 15.8. The highest BCUT2D eigenvalue weighted by molar-refractivity contribution is 5.86. The monoisotopic (exact) mass is 282 g/mol. The number of rotatable bonds is 10. The van der Waals surface area contributed by atoms with E-state index in [-0.39, 0.29) is 5.91 Å². The zero-order valence-corrected chi connectivity index (χ0v) is 12.1. The number of hydrogen-bond donors (Lipinski definition) is 2.